The summed E-state index contributed by atoms with van der Waals surface area (Å²) < 4.78 is 6.02. The van der Waals surface area contributed by atoms with E-state index >= 15 is 0 Å². The van der Waals surface area contributed by atoms with E-state index in [4.69, 9.17) is 4.74 Å². The number of ether oxygens (including phenoxy) is 1. The lowest BCUT2D eigenvalue weighted by molar-refractivity contribution is 0.168. The fourth-order valence-electron chi connectivity index (χ4n) is 2.88. The fraction of sp³-hybridized carbons (Fsp3) is 0.500. The zero-order chi connectivity index (χ0) is 11.7. The Kier molecular flexibility index (Phi) is 4.12. The molecule has 98 valence electrons. The summed E-state index contributed by atoms with van der Waals surface area (Å²) in [6.45, 7) is 1.08. The maximum Gasteiger partial charge on any atom is 0.288 e. The number of halogens is 1. The highest BCUT2D eigenvalue weighted by Gasteiger charge is 2.41. The van der Waals surface area contributed by atoms with Crippen LogP contribution in [0.2, 0.25) is 0 Å². The summed E-state index contributed by atoms with van der Waals surface area (Å²) in [7, 11) is 1.81. The molecule has 2 aliphatic rings. The first-order valence-electron chi connectivity index (χ1n) is 6.35. The number of nitrogens with zero attached hydrogens (tertiary/aromatic N) is 2. The van der Waals surface area contributed by atoms with Crippen molar-refractivity contribution in [3.8, 4) is 0 Å². The second-order valence-electron chi connectivity index (χ2n) is 4.71. The van der Waals surface area contributed by atoms with Crippen LogP contribution in [0.25, 0.3) is 0 Å². The largest absolute Gasteiger partial charge is 0.455 e. The third-order valence-electron chi connectivity index (χ3n) is 3.70. The van der Waals surface area contributed by atoms with E-state index in [1.54, 1.807) is 0 Å². The molecule has 2 fully saturated rings. The summed E-state index contributed by atoms with van der Waals surface area (Å²) in [5, 5.41) is 0. The van der Waals surface area contributed by atoms with Gasteiger partial charge in [-0.15, -0.1) is 12.4 Å². The molecule has 2 atom stereocenters. The first kappa shape index (κ1) is 13.2. The Morgan fingerprint density at radius 1 is 1.22 bits per heavy atom. The van der Waals surface area contributed by atoms with Crippen LogP contribution in [-0.2, 0) is 4.74 Å². The van der Waals surface area contributed by atoms with Crippen LogP contribution in [0.1, 0.15) is 30.9 Å². The number of hydrogen-bond acceptors (Lipinski definition) is 2. The highest BCUT2D eigenvalue weighted by atomic mass is 35.5. The van der Waals surface area contributed by atoms with Gasteiger partial charge in [0.1, 0.15) is 6.10 Å². The predicted octanol–water partition coefficient (Wildman–Crippen LogP) is 3.02. The van der Waals surface area contributed by atoms with Gasteiger partial charge in [0, 0.05) is 13.6 Å². The Hall–Kier alpha value is -1.22. The van der Waals surface area contributed by atoms with Gasteiger partial charge in [0.05, 0.1) is 6.04 Å². The van der Waals surface area contributed by atoms with Crippen molar-refractivity contribution in [3.05, 3.63) is 35.9 Å². The van der Waals surface area contributed by atoms with Gasteiger partial charge >= 0.3 is 0 Å². The van der Waals surface area contributed by atoms with E-state index in [9.17, 15) is 0 Å². The van der Waals surface area contributed by atoms with Crippen molar-refractivity contribution >= 4 is 18.4 Å². The van der Waals surface area contributed by atoms with Crippen molar-refractivity contribution < 1.29 is 4.74 Å². The third-order valence-corrected chi connectivity index (χ3v) is 3.70. The number of amidine groups is 1. The maximum atomic E-state index is 6.02. The fourth-order valence-corrected chi connectivity index (χ4v) is 2.88. The average Bonchev–Trinajstić information content (AvgIpc) is 2.78. The molecule has 0 amide bonds. The standard InChI is InChI=1S/C14H18N2O.ClH/c1-15-14-16-10-6-5-9-12(16)13(17-14)11-7-3-2-4-8-11;/h2-4,7-8,12-13H,5-6,9-10H2,1H3;1H/t12-,13+;/m0./s1. The van der Waals surface area contributed by atoms with Gasteiger partial charge in [0.2, 0.25) is 0 Å². The Morgan fingerprint density at radius 2 is 2.00 bits per heavy atom. The normalized spacial score (nSPS) is 28.5. The van der Waals surface area contributed by atoms with Crippen molar-refractivity contribution in [3.63, 3.8) is 0 Å². The van der Waals surface area contributed by atoms with Gasteiger partial charge in [-0.25, -0.2) is 4.99 Å². The molecule has 2 heterocycles. The van der Waals surface area contributed by atoms with E-state index < -0.39 is 0 Å². The lowest BCUT2D eigenvalue weighted by Gasteiger charge is -2.30. The van der Waals surface area contributed by atoms with Gasteiger partial charge in [-0.05, 0) is 24.8 Å². The van der Waals surface area contributed by atoms with Crippen LogP contribution in [-0.4, -0.2) is 30.6 Å². The van der Waals surface area contributed by atoms with Crippen molar-refractivity contribution in [1.29, 1.82) is 0 Å². The second kappa shape index (κ2) is 5.61. The minimum absolute atomic E-state index is 0. The van der Waals surface area contributed by atoms with Crippen LogP contribution in [0, 0.1) is 0 Å². The number of piperidine rings is 1. The summed E-state index contributed by atoms with van der Waals surface area (Å²) in [5.41, 5.74) is 1.27. The molecule has 0 spiro atoms. The van der Waals surface area contributed by atoms with E-state index in [0.717, 1.165) is 12.6 Å². The second-order valence-corrected chi connectivity index (χ2v) is 4.71. The van der Waals surface area contributed by atoms with Crippen LogP contribution < -0.4 is 0 Å². The Morgan fingerprint density at radius 3 is 2.72 bits per heavy atom. The number of aliphatic imine (C=N–C) groups is 1. The molecule has 2 saturated heterocycles. The SMILES string of the molecule is CN=C1O[C@H](c2ccccc2)[C@@H]2CCCCN12.Cl. The molecule has 1 aromatic rings. The molecule has 18 heavy (non-hydrogen) atoms. The Labute approximate surface area is 114 Å². The van der Waals surface area contributed by atoms with Gasteiger partial charge in [-0.3, -0.25) is 0 Å². The molecule has 0 N–H and O–H groups in total. The molecule has 0 bridgehead atoms. The minimum Gasteiger partial charge on any atom is -0.455 e. The lowest BCUT2D eigenvalue weighted by atomic mass is 9.94. The van der Waals surface area contributed by atoms with E-state index in [2.05, 4.69) is 34.2 Å². The molecule has 3 rings (SSSR count). The minimum atomic E-state index is 0. The predicted molar refractivity (Wildman–Crippen MR) is 75.2 cm³/mol. The van der Waals surface area contributed by atoms with Crippen molar-refractivity contribution in [2.24, 2.45) is 4.99 Å². The molecule has 0 radical (unpaired) electrons. The van der Waals surface area contributed by atoms with Gasteiger partial charge < -0.3 is 9.64 Å². The van der Waals surface area contributed by atoms with Crippen LogP contribution in [0.5, 0.6) is 0 Å². The van der Waals surface area contributed by atoms with Gasteiger partial charge in [-0.2, -0.15) is 0 Å². The summed E-state index contributed by atoms with van der Waals surface area (Å²) in [4.78, 5) is 6.60. The topological polar surface area (TPSA) is 24.8 Å². The van der Waals surface area contributed by atoms with Crippen LogP contribution >= 0.6 is 12.4 Å². The molecule has 0 saturated carbocycles. The summed E-state index contributed by atoms with van der Waals surface area (Å²) >= 11 is 0. The highest BCUT2D eigenvalue weighted by Crippen LogP contribution is 2.37. The highest BCUT2D eigenvalue weighted by molar-refractivity contribution is 5.85. The molecule has 0 aromatic heterocycles. The molecule has 2 aliphatic heterocycles. The first-order valence-corrected chi connectivity index (χ1v) is 6.35. The number of hydrogen-bond donors (Lipinski definition) is 0. The quantitative estimate of drug-likeness (QED) is 0.781. The van der Waals surface area contributed by atoms with Crippen LogP contribution in [0.3, 0.4) is 0 Å². The molecule has 0 aliphatic carbocycles. The molecule has 4 heteroatoms. The zero-order valence-corrected chi connectivity index (χ0v) is 11.4. The molecule has 0 unspecified atom stereocenters. The summed E-state index contributed by atoms with van der Waals surface area (Å²) in [5.74, 6) is 0. The summed E-state index contributed by atoms with van der Waals surface area (Å²) in [6, 6.07) is 11.8. The van der Waals surface area contributed by atoms with E-state index in [1.807, 2.05) is 13.1 Å². The van der Waals surface area contributed by atoms with Crippen molar-refractivity contribution in [1.82, 2.24) is 4.90 Å². The Bertz CT molecular complexity index is 421. The summed E-state index contributed by atoms with van der Waals surface area (Å²) in [6.07, 6.45) is 3.92. The molecular formula is C14H19ClN2O. The van der Waals surface area contributed by atoms with E-state index in [0.29, 0.717) is 6.04 Å². The zero-order valence-electron chi connectivity index (χ0n) is 10.6. The first-order chi connectivity index (χ1) is 8.40. The smallest absolute Gasteiger partial charge is 0.288 e. The maximum absolute atomic E-state index is 6.02. The monoisotopic (exact) mass is 266 g/mol. The van der Waals surface area contributed by atoms with Crippen LogP contribution in [0.15, 0.2) is 35.3 Å². The molecule has 3 nitrogen and oxygen atoms in total. The lowest BCUT2D eigenvalue weighted by Crippen LogP contribution is -2.38. The van der Waals surface area contributed by atoms with Crippen molar-refractivity contribution in [2.45, 2.75) is 31.4 Å². The Balaban J connectivity index is 0.00000120. The van der Waals surface area contributed by atoms with Crippen molar-refractivity contribution in [2.75, 3.05) is 13.6 Å². The third kappa shape index (κ3) is 2.19. The average molecular weight is 267 g/mol. The van der Waals surface area contributed by atoms with Gasteiger partial charge in [-0.1, -0.05) is 30.3 Å². The van der Waals surface area contributed by atoms with Gasteiger partial charge in [0.15, 0.2) is 0 Å². The van der Waals surface area contributed by atoms with Crippen LogP contribution in [0.4, 0.5) is 0 Å². The molecule has 1 aromatic carbocycles. The molecular weight excluding hydrogens is 248 g/mol. The van der Waals surface area contributed by atoms with Gasteiger partial charge in [0.25, 0.3) is 6.02 Å². The van der Waals surface area contributed by atoms with E-state index in [-0.39, 0.29) is 18.5 Å². The number of fused-ring (bicyclic) bond motifs is 1. The number of benzene rings is 1. The number of rotatable bonds is 1. The van der Waals surface area contributed by atoms with E-state index in [1.165, 1.54) is 24.8 Å².